The monoisotopic (exact) mass is 509 g/mol. The first kappa shape index (κ1) is 22.3. The van der Waals surface area contributed by atoms with Crippen LogP contribution >= 0.6 is 34.5 Å². The van der Waals surface area contributed by atoms with Gasteiger partial charge in [0.2, 0.25) is 5.28 Å². The molecule has 0 spiro atoms. The molecular formula is C24H17Cl2N5O2S. The summed E-state index contributed by atoms with van der Waals surface area (Å²) < 4.78 is 8.00. The zero-order valence-electron chi connectivity index (χ0n) is 17.8. The number of fused-ring (bicyclic) bond motifs is 1. The Kier molecular flexibility index (Phi) is 5.95. The average Bonchev–Trinajstić information content (AvgIpc) is 3.43. The maximum Gasteiger partial charge on any atom is 0.262 e. The molecule has 0 aliphatic carbocycles. The Morgan fingerprint density at radius 3 is 2.71 bits per heavy atom. The van der Waals surface area contributed by atoms with Crippen LogP contribution in [-0.4, -0.2) is 25.4 Å². The molecule has 5 aromatic rings. The van der Waals surface area contributed by atoms with Crippen LogP contribution < -0.4 is 10.5 Å². The van der Waals surface area contributed by atoms with Gasteiger partial charge < -0.3 is 10.5 Å². The van der Waals surface area contributed by atoms with Gasteiger partial charge in [-0.15, -0.1) is 11.3 Å². The molecule has 0 aliphatic heterocycles. The second kappa shape index (κ2) is 9.06. The van der Waals surface area contributed by atoms with Crippen molar-refractivity contribution in [2.24, 2.45) is 5.73 Å². The highest BCUT2D eigenvalue weighted by Gasteiger charge is 2.21. The molecule has 7 nitrogen and oxygen atoms in total. The second-order valence-corrected chi connectivity index (χ2v) is 9.23. The summed E-state index contributed by atoms with van der Waals surface area (Å²) in [5, 5.41) is 1.52. The molecule has 0 saturated carbocycles. The first-order chi connectivity index (χ1) is 16.4. The van der Waals surface area contributed by atoms with Gasteiger partial charge in [0.1, 0.15) is 28.1 Å². The van der Waals surface area contributed by atoms with E-state index in [9.17, 15) is 4.79 Å². The highest BCUT2D eigenvalue weighted by molar-refractivity contribution is 7.16. The fourth-order valence-electron chi connectivity index (χ4n) is 3.64. The lowest BCUT2D eigenvalue weighted by atomic mass is 10.1. The van der Waals surface area contributed by atoms with E-state index in [2.05, 4.69) is 15.0 Å². The molecule has 0 radical (unpaired) electrons. The van der Waals surface area contributed by atoms with Crippen molar-refractivity contribution in [3.8, 4) is 22.0 Å². The van der Waals surface area contributed by atoms with E-state index in [1.54, 1.807) is 30.7 Å². The number of hydrogen-bond acceptors (Lipinski definition) is 6. The number of halogens is 2. The van der Waals surface area contributed by atoms with Crippen molar-refractivity contribution in [3.63, 3.8) is 0 Å². The van der Waals surface area contributed by atoms with Crippen molar-refractivity contribution >= 4 is 51.5 Å². The Hall–Kier alpha value is -3.46. The third kappa shape index (κ3) is 4.23. The van der Waals surface area contributed by atoms with E-state index in [4.69, 9.17) is 33.7 Å². The number of hydrogen-bond donors (Lipinski definition) is 1. The van der Waals surface area contributed by atoms with E-state index in [0.29, 0.717) is 21.3 Å². The van der Waals surface area contributed by atoms with Gasteiger partial charge in [0, 0.05) is 28.4 Å². The van der Waals surface area contributed by atoms with Gasteiger partial charge in [-0.25, -0.2) is 15.0 Å². The zero-order chi connectivity index (χ0) is 23.8. The molecule has 1 atom stereocenters. The molecule has 0 fully saturated rings. The lowest BCUT2D eigenvalue weighted by Crippen LogP contribution is -2.12. The molecule has 0 aliphatic rings. The average molecular weight is 510 g/mol. The maximum absolute atomic E-state index is 12.2. The third-order valence-electron chi connectivity index (χ3n) is 5.26. The van der Waals surface area contributed by atoms with Crippen molar-refractivity contribution in [3.05, 3.63) is 87.9 Å². The highest BCUT2D eigenvalue weighted by atomic mass is 35.5. The fraction of sp³-hybridized carbons (Fsp3) is 0.0833. The molecule has 170 valence electrons. The van der Waals surface area contributed by atoms with Crippen LogP contribution in [0, 0.1) is 0 Å². The van der Waals surface area contributed by atoms with Gasteiger partial charge >= 0.3 is 0 Å². The molecule has 2 N–H and O–H groups in total. The van der Waals surface area contributed by atoms with Crippen LogP contribution in [0.15, 0.2) is 67.1 Å². The highest BCUT2D eigenvalue weighted by Crippen LogP contribution is 2.37. The van der Waals surface area contributed by atoms with Crippen LogP contribution in [0.3, 0.4) is 0 Å². The van der Waals surface area contributed by atoms with Crippen molar-refractivity contribution in [1.82, 2.24) is 19.5 Å². The second-order valence-electron chi connectivity index (χ2n) is 7.45. The summed E-state index contributed by atoms with van der Waals surface area (Å²) >= 11 is 13.5. The largest absolute Gasteiger partial charge is 0.484 e. The molecule has 2 aromatic carbocycles. The van der Waals surface area contributed by atoms with Crippen LogP contribution in [0.4, 0.5) is 0 Å². The molecule has 3 aromatic heterocycles. The molecule has 5 rings (SSSR count). The van der Waals surface area contributed by atoms with Gasteiger partial charge in [0.05, 0.1) is 16.7 Å². The summed E-state index contributed by atoms with van der Waals surface area (Å²) in [4.78, 5) is 25.2. The van der Waals surface area contributed by atoms with E-state index >= 15 is 0 Å². The number of carbonyl (C=O) groups excluding carboxylic acids is 1. The summed E-state index contributed by atoms with van der Waals surface area (Å²) in [7, 11) is 0. The van der Waals surface area contributed by atoms with Gasteiger partial charge in [-0.3, -0.25) is 9.36 Å². The smallest absolute Gasteiger partial charge is 0.262 e. The Balaban J connectivity index is 1.51. The topological polar surface area (TPSA) is 95.9 Å². The number of primary amides is 1. The molecule has 0 saturated heterocycles. The molecule has 3 heterocycles. The standard InChI is InChI=1S/C24H17Cl2N5O2S/c1-13(15-4-2-3-5-16(15)25)33-20-11-21(34-22(20)23(27)32)31-12-29-18-10-14(6-7-19(18)31)17-8-9-28-24(26)30-17/h2-13H,1H3,(H2,27,32)/t13-/m1/s1. The van der Waals surface area contributed by atoms with Crippen LogP contribution in [-0.2, 0) is 0 Å². The first-order valence-corrected chi connectivity index (χ1v) is 11.8. The van der Waals surface area contributed by atoms with Gasteiger partial charge in [-0.2, -0.15) is 0 Å². The number of carbonyl (C=O) groups is 1. The predicted octanol–water partition coefficient (Wildman–Crippen LogP) is 6.09. The summed E-state index contributed by atoms with van der Waals surface area (Å²) in [5.41, 5.74) is 9.65. The molecule has 0 bridgehead atoms. The number of benzene rings is 2. The minimum absolute atomic E-state index is 0.180. The number of nitrogens with two attached hydrogens (primary N) is 1. The van der Waals surface area contributed by atoms with Crippen LogP contribution in [0.1, 0.15) is 28.3 Å². The summed E-state index contributed by atoms with van der Waals surface area (Å²) in [6.45, 7) is 1.87. The molecule has 10 heteroatoms. The Bertz CT molecular complexity index is 1530. The summed E-state index contributed by atoms with van der Waals surface area (Å²) in [6, 6.07) is 16.8. The summed E-state index contributed by atoms with van der Waals surface area (Å²) in [6.07, 6.45) is 2.92. The van der Waals surface area contributed by atoms with E-state index in [-0.39, 0.29) is 11.4 Å². The molecular weight excluding hydrogens is 493 g/mol. The van der Waals surface area contributed by atoms with Crippen molar-refractivity contribution in [1.29, 1.82) is 0 Å². The molecule has 0 unspecified atom stereocenters. The van der Waals surface area contributed by atoms with Crippen LogP contribution in [0.2, 0.25) is 10.3 Å². The van der Waals surface area contributed by atoms with E-state index in [0.717, 1.165) is 27.2 Å². The summed E-state index contributed by atoms with van der Waals surface area (Å²) in [5.74, 6) is -0.168. The van der Waals surface area contributed by atoms with E-state index in [1.807, 2.05) is 47.9 Å². The quantitative estimate of drug-likeness (QED) is 0.279. The number of imidazole rings is 1. The first-order valence-electron chi connectivity index (χ1n) is 10.2. The maximum atomic E-state index is 12.2. The third-order valence-corrected chi connectivity index (χ3v) is 6.92. The van der Waals surface area contributed by atoms with Gasteiger partial charge in [-0.1, -0.05) is 35.9 Å². The van der Waals surface area contributed by atoms with E-state index in [1.165, 1.54) is 11.3 Å². The van der Waals surface area contributed by atoms with Crippen molar-refractivity contribution in [2.45, 2.75) is 13.0 Å². The van der Waals surface area contributed by atoms with Crippen LogP contribution in [0.5, 0.6) is 5.75 Å². The number of nitrogens with zero attached hydrogens (tertiary/aromatic N) is 4. The molecule has 1 amide bonds. The SMILES string of the molecule is C[C@@H](Oc1cc(-n2cnc3cc(-c4ccnc(Cl)n4)ccc32)sc1C(N)=O)c1ccccc1Cl. The lowest BCUT2D eigenvalue weighted by Gasteiger charge is -2.16. The Labute approximate surface area is 208 Å². The minimum atomic E-state index is -0.565. The Morgan fingerprint density at radius 1 is 1.12 bits per heavy atom. The van der Waals surface area contributed by atoms with Crippen LogP contribution in [0.25, 0.3) is 27.3 Å². The van der Waals surface area contributed by atoms with Crippen molar-refractivity contribution in [2.75, 3.05) is 0 Å². The molecule has 34 heavy (non-hydrogen) atoms. The van der Waals surface area contributed by atoms with Gasteiger partial charge in [-0.05, 0) is 42.8 Å². The Morgan fingerprint density at radius 2 is 1.94 bits per heavy atom. The van der Waals surface area contributed by atoms with E-state index < -0.39 is 5.91 Å². The number of thiophene rings is 1. The minimum Gasteiger partial charge on any atom is -0.484 e. The predicted molar refractivity (Wildman–Crippen MR) is 134 cm³/mol. The van der Waals surface area contributed by atoms with Gasteiger partial charge in [0.25, 0.3) is 5.91 Å². The number of amides is 1. The number of ether oxygens (including phenoxy) is 1. The number of aromatic nitrogens is 4. The number of rotatable bonds is 6. The zero-order valence-corrected chi connectivity index (χ0v) is 20.1. The normalized spacial score (nSPS) is 12.1. The fourth-order valence-corrected chi connectivity index (χ4v) is 5.01. The lowest BCUT2D eigenvalue weighted by molar-refractivity contribution is 0.0998. The van der Waals surface area contributed by atoms with Gasteiger partial charge in [0.15, 0.2) is 0 Å². The van der Waals surface area contributed by atoms with Crippen molar-refractivity contribution < 1.29 is 9.53 Å².